The van der Waals surface area contributed by atoms with Gasteiger partial charge in [-0.1, -0.05) is 68.0 Å². The first-order valence-corrected chi connectivity index (χ1v) is 12.2. The summed E-state index contributed by atoms with van der Waals surface area (Å²) in [7, 11) is 0. The van der Waals surface area contributed by atoms with Gasteiger partial charge < -0.3 is 14.9 Å². The highest BCUT2D eigenvalue weighted by Gasteiger charge is 2.49. The second-order valence-electron chi connectivity index (χ2n) is 10.8. The molecule has 4 rings (SSSR count). The van der Waals surface area contributed by atoms with Crippen LogP contribution in [-0.4, -0.2) is 28.4 Å². The van der Waals surface area contributed by atoms with Gasteiger partial charge in [0.25, 0.3) is 0 Å². The Balaban J connectivity index is 2.01. The number of hydrogen-bond acceptors (Lipinski definition) is 5. The molecule has 0 saturated carbocycles. The highest BCUT2D eigenvalue weighted by atomic mass is 16.5. The lowest BCUT2D eigenvalue weighted by Gasteiger charge is -2.48. The fourth-order valence-corrected chi connectivity index (χ4v) is 5.57. The number of phenols is 2. The molecule has 0 amide bonds. The summed E-state index contributed by atoms with van der Waals surface area (Å²) in [4.78, 5) is 23.9. The molecule has 0 radical (unpaired) electrons. The predicted molar refractivity (Wildman–Crippen MR) is 137 cm³/mol. The van der Waals surface area contributed by atoms with Gasteiger partial charge in [0.1, 0.15) is 22.8 Å². The number of ether oxygens (including phenoxy) is 1. The molecule has 5 nitrogen and oxygen atoms in total. The van der Waals surface area contributed by atoms with Gasteiger partial charge in [0.2, 0.25) is 0 Å². The van der Waals surface area contributed by atoms with E-state index in [1.54, 1.807) is 0 Å². The SMILES string of the molecule is C/C1=C\CC(C)(C)/C=C/C[C@@]2(C)Oc3c(C=O)c(O)c(C=O)c(O)c3[C@H](c3ccccc3)[C@@H]2CC1. The van der Waals surface area contributed by atoms with Crippen LogP contribution in [0.1, 0.15) is 91.1 Å². The van der Waals surface area contributed by atoms with Crippen LogP contribution in [0.5, 0.6) is 17.2 Å². The summed E-state index contributed by atoms with van der Waals surface area (Å²) in [6.07, 6.45) is 10.7. The van der Waals surface area contributed by atoms with E-state index in [-0.39, 0.29) is 39.9 Å². The zero-order valence-corrected chi connectivity index (χ0v) is 20.9. The molecule has 5 heteroatoms. The highest BCUT2D eigenvalue weighted by molar-refractivity contribution is 5.95. The van der Waals surface area contributed by atoms with Crippen molar-refractivity contribution in [3.8, 4) is 17.2 Å². The molecule has 0 spiro atoms. The monoisotopic (exact) mass is 474 g/mol. The number of benzene rings is 2. The Morgan fingerprint density at radius 3 is 2.31 bits per heavy atom. The predicted octanol–water partition coefficient (Wildman–Crippen LogP) is 6.72. The molecular formula is C30H34O5. The van der Waals surface area contributed by atoms with Crippen LogP contribution >= 0.6 is 0 Å². The Morgan fingerprint density at radius 1 is 0.971 bits per heavy atom. The number of hydrogen-bond donors (Lipinski definition) is 2. The quantitative estimate of drug-likeness (QED) is 0.381. The summed E-state index contributed by atoms with van der Waals surface area (Å²) >= 11 is 0. The molecule has 1 aliphatic carbocycles. The van der Waals surface area contributed by atoms with Crippen LogP contribution in [0.2, 0.25) is 0 Å². The average Bonchev–Trinajstić information content (AvgIpc) is 2.83. The largest absolute Gasteiger partial charge is 0.507 e. The molecule has 3 atom stereocenters. The number of allylic oxidation sites excluding steroid dienone is 3. The smallest absolute Gasteiger partial charge is 0.157 e. The standard InChI is InChI=1S/C30H34O5/c1-19-11-12-23-24(20-9-6-5-7-10-20)25-27(34)21(17-31)26(33)22(18-32)28(25)35-30(23,4)15-8-14-29(2,3)16-13-19/h5-10,13-14,17-18,23-24,33-34H,11-12,15-16H2,1-4H3/b14-8+,19-13+/t23-,24+,30+/m0/s1. The molecular weight excluding hydrogens is 440 g/mol. The molecule has 35 heavy (non-hydrogen) atoms. The maximum atomic E-state index is 12.1. The molecule has 184 valence electrons. The molecule has 0 fully saturated rings. The molecule has 0 aromatic heterocycles. The Kier molecular flexibility index (Phi) is 6.63. The minimum Gasteiger partial charge on any atom is -0.507 e. The van der Waals surface area contributed by atoms with Crippen LogP contribution in [0.15, 0.2) is 54.1 Å². The second kappa shape index (κ2) is 9.37. The third kappa shape index (κ3) is 4.52. The van der Waals surface area contributed by atoms with Gasteiger partial charge in [0, 0.05) is 23.8 Å². The van der Waals surface area contributed by atoms with Gasteiger partial charge >= 0.3 is 0 Å². The summed E-state index contributed by atoms with van der Waals surface area (Å²) in [6, 6.07) is 9.82. The maximum absolute atomic E-state index is 12.1. The molecule has 1 aliphatic heterocycles. The molecule has 2 N–H and O–H groups in total. The number of carbonyl (C=O) groups is 2. The number of aldehydes is 2. The Labute approximate surface area is 207 Å². The van der Waals surface area contributed by atoms with E-state index in [4.69, 9.17) is 4.74 Å². The Bertz CT molecular complexity index is 1190. The fraction of sp³-hybridized carbons (Fsp3) is 0.400. The Morgan fingerprint density at radius 2 is 1.66 bits per heavy atom. The number of rotatable bonds is 3. The van der Waals surface area contributed by atoms with Gasteiger partial charge in [-0.05, 0) is 44.1 Å². The van der Waals surface area contributed by atoms with Crippen LogP contribution in [0, 0.1) is 11.3 Å². The van der Waals surface area contributed by atoms with Crippen molar-refractivity contribution in [2.24, 2.45) is 11.3 Å². The van der Waals surface area contributed by atoms with Gasteiger partial charge in [0.05, 0.1) is 11.1 Å². The number of aromatic hydroxyl groups is 2. The summed E-state index contributed by atoms with van der Waals surface area (Å²) < 4.78 is 6.60. The van der Waals surface area contributed by atoms with Crippen LogP contribution in [0.4, 0.5) is 0 Å². The average molecular weight is 475 g/mol. The normalized spacial score (nSPS) is 28.2. The van der Waals surface area contributed by atoms with Crippen molar-refractivity contribution >= 4 is 12.6 Å². The van der Waals surface area contributed by atoms with Crippen LogP contribution in [-0.2, 0) is 0 Å². The van der Waals surface area contributed by atoms with E-state index in [0.29, 0.717) is 24.6 Å². The third-order valence-corrected chi connectivity index (χ3v) is 7.66. The molecule has 0 saturated heterocycles. The van der Waals surface area contributed by atoms with E-state index in [1.807, 2.05) is 37.3 Å². The fourth-order valence-electron chi connectivity index (χ4n) is 5.57. The molecule has 2 aromatic rings. The molecule has 2 aromatic carbocycles. The van der Waals surface area contributed by atoms with E-state index in [0.717, 1.165) is 24.8 Å². The van der Waals surface area contributed by atoms with E-state index >= 15 is 0 Å². The van der Waals surface area contributed by atoms with E-state index in [9.17, 15) is 19.8 Å². The van der Waals surface area contributed by atoms with Gasteiger partial charge in [-0.3, -0.25) is 9.59 Å². The molecule has 0 bridgehead atoms. The highest BCUT2D eigenvalue weighted by Crippen LogP contribution is 2.57. The molecule has 2 aliphatic rings. The minimum absolute atomic E-state index is 0.00772. The van der Waals surface area contributed by atoms with Crippen molar-refractivity contribution in [2.75, 3.05) is 0 Å². The van der Waals surface area contributed by atoms with Gasteiger partial charge in [-0.25, -0.2) is 0 Å². The number of carbonyl (C=O) groups excluding carboxylic acids is 2. The van der Waals surface area contributed by atoms with E-state index in [2.05, 4.69) is 39.0 Å². The maximum Gasteiger partial charge on any atom is 0.157 e. The number of fused-ring (bicyclic) bond motifs is 2. The first kappa shape index (κ1) is 24.8. The van der Waals surface area contributed by atoms with Gasteiger partial charge in [-0.15, -0.1) is 0 Å². The van der Waals surface area contributed by atoms with Crippen LogP contribution in [0.3, 0.4) is 0 Å². The summed E-state index contributed by atoms with van der Waals surface area (Å²) in [5.41, 5.74) is 1.54. The van der Waals surface area contributed by atoms with Gasteiger partial charge in [0.15, 0.2) is 12.6 Å². The topological polar surface area (TPSA) is 83.8 Å². The zero-order valence-electron chi connectivity index (χ0n) is 20.9. The summed E-state index contributed by atoms with van der Waals surface area (Å²) in [5.74, 6) is -1.12. The lowest BCUT2D eigenvalue weighted by molar-refractivity contribution is -0.00275. The van der Waals surface area contributed by atoms with Crippen LogP contribution < -0.4 is 4.74 Å². The second-order valence-corrected chi connectivity index (χ2v) is 10.8. The minimum atomic E-state index is -0.718. The first-order chi connectivity index (χ1) is 16.6. The van der Waals surface area contributed by atoms with Crippen molar-refractivity contribution in [1.29, 1.82) is 0 Å². The first-order valence-electron chi connectivity index (χ1n) is 12.2. The van der Waals surface area contributed by atoms with E-state index < -0.39 is 11.4 Å². The van der Waals surface area contributed by atoms with Crippen molar-refractivity contribution in [3.05, 3.63) is 76.4 Å². The van der Waals surface area contributed by atoms with Crippen molar-refractivity contribution < 1.29 is 24.5 Å². The zero-order chi connectivity index (χ0) is 25.4. The lowest BCUT2D eigenvalue weighted by Crippen LogP contribution is -2.47. The van der Waals surface area contributed by atoms with Crippen molar-refractivity contribution in [3.63, 3.8) is 0 Å². The summed E-state index contributed by atoms with van der Waals surface area (Å²) in [5, 5.41) is 21.9. The molecule has 0 unspecified atom stereocenters. The van der Waals surface area contributed by atoms with Crippen molar-refractivity contribution in [1.82, 2.24) is 0 Å². The van der Waals surface area contributed by atoms with E-state index in [1.165, 1.54) is 5.57 Å². The summed E-state index contributed by atoms with van der Waals surface area (Å²) in [6.45, 7) is 8.60. The molecule has 1 heterocycles. The Hall–Kier alpha value is -3.34. The van der Waals surface area contributed by atoms with Gasteiger partial charge in [-0.2, -0.15) is 0 Å². The third-order valence-electron chi connectivity index (χ3n) is 7.66. The number of phenolic OH excluding ortho intramolecular Hbond substituents is 2. The lowest BCUT2D eigenvalue weighted by atomic mass is 9.66. The van der Waals surface area contributed by atoms with Crippen molar-refractivity contribution in [2.45, 2.75) is 64.9 Å². The van der Waals surface area contributed by atoms with Crippen LogP contribution in [0.25, 0.3) is 0 Å².